The first kappa shape index (κ1) is 19.5. The van der Waals surface area contributed by atoms with Crippen LogP contribution in [-0.4, -0.2) is 57.6 Å². The summed E-state index contributed by atoms with van der Waals surface area (Å²) in [6.45, 7) is 2.36. The van der Waals surface area contributed by atoms with Gasteiger partial charge in [0, 0.05) is 62.1 Å². The predicted molar refractivity (Wildman–Crippen MR) is 111 cm³/mol. The van der Waals surface area contributed by atoms with Crippen LogP contribution in [0.15, 0.2) is 48.9 Å². The van der Waals surface area contributed by atoms with E-state index >= 15 is 4.39 Å². The van der Waals surface area contributed by atoms with E-state index in [-0.39, 0.29) is 12.1 Å². The quantitative estimate of drug-likeness (QED) is 0.448. The molecule has 0 bridgehead atoms. The minimum absolute atomic E-state index is 0.178. The van der Waals surface area contributed by atoms with E-state index in [0.717, 1.165) is 24.4 Å². The van der Waals surface area contributed by atoms with Crippen molar-refractivity contribution in [1.82, 2.24) is 14.3 Å². The standard InChI is InChI=1S/C20H22FN7O2/c21-18-14(13-28(19(22)23)20(29)30)2-1-3-16(18)26-10-8-25(9-11-26)15-4-6-27-7-5-24-17(27)12-15/h1-7,12H,8-11,13H2,(H3,22,23)(H,29,30). The number of halogens is 1. The molecule has 0 saturated carbocycles. The summed E-state index contributed by atoms with van der Waals surface area (Å²) in [6.07, 6.45) is 4.22. The van der Waals surface area contributed by atoms with Crippen LogP contribution in [0.3, 0.4) is 0 Å². The van der Waals surface area contributed by atoms with E-state index in [0.29, 0.717) is 23.7 Å². The van der Waals surface area contributed by atoms with Gasteiger partial charge in [0.15, 0.2) is 11.8 Å². The maximum absolute atomic E-state index is 15.1. The summed E-state index contributed by atoms with van der Waals surface area (Å²) in [5.74, 6) is -1.13. The van der Waals surface area contributed by atoms with Gasteiger partial charge in [-0.15, -0.1) is 0 Å². The van der Waals surface area contributed by atoms with Crippen LogP contribution < -0.4 is 15.5 Å². The maximum Gasteiger partial charge on any atom is 0.414 e. The van der Waals surface area contributed by atoms with Crippen LogP contribution in [0.4, 0.5) is 20.6 Å². The molecule has 1 amide bonds. The summed E-state index contributed by atoms with van der Waals surface area (Å²) in [5, 5.41) is 16.5. The van der Waals surface area contributed by atoms with E-state index in [2.05, 4.69) is 9.88 Å². The Morgan fingerprint density at radius 1 is 1.20 bits per heavy atom. The summed E-state index contributed by atoms with van der Waals surface area (Å²) < 4.78 is 17.1. The van der Waals surface area contributed by atoms with Crippen LogP contribution >= 0.6 is 0 Å². The Morgan fingerprint density at radius 3 is 2.63 bits per heavy atom. The number of nitrogens with zero attached hydrogens (tertiary/aromatic N) is 5. The van der Waals surface area contributed by atoms with Crippen LogP contribution in [0.2, 0.25) is 0 Å². The van der Waals surface area contributed by atoms with E-state index in [1.54, 1.807) is 18.3 Å². The number of amides is 1. The number of nitrogens with two attached hydrogens (primary N) is 1. The van der Waals surface area contributed by atoms with Crippen molar-refractivity contribution in [2.24, 2.45) is 5.73 Å². The highest BCUT2D eigenvalue weighted by molar-refractivity contribution is 5.90. The Bertz CT molecular complexity index is 1080. The average Bonchev–Trinajstić information content (AvgIpc) is 3.20. The molecule has 0 unspecified atom stereocenters. The van der Waals surface area contributed by atoms with Crippen LogP contribution in [0.5, 0.6) is 0 Å². The third kappa shape index (κ3) is 3.71. The van der Waals surface area contributed by atoms with Crippen LogP contribution in [0.1, 0.15) is 5.56 Å². The minimum Gasteiger partial charge on any atom is -0.465 e. The van der Waals surface area contributed by atoms with Crippen molar-refractivity contribution in [2.75, 3.05) is 36.0 Å². The summed E-state index contributed by atoms with van der Waals surface area (Å²) >= 11 is 0. The van der Waals surface area contributed by atoms with Crippen molar-refractivity contribution in [2.45, 2.75) is 6.54 Å². The third-order valence-corrected chi connectivity index (χ3v) is 5.28. The maximum atomic E-state index is 15.1. The highest BCUT2D eigenvalue weighted by Crippen LogP contribution is 2.26. The number of anilines is 2. The summed E-state index contributed by atoms with van der Waals surface area (Å²) in [6, 6.07) is 8.94. The number of carbonyl (C=O) groups is 1. The first-order chi connectivity index (χ1) is 14.4. The molecule has 3 aromatic rings. The van der Waals surface area contributed by atoms with Gasteiger partial charge in [0.25, 0.3) is 0 Å². The lowest BCUT2D eigenvalue weighted by molar-refractivity contribution is 0.166. The number of piperazine rings is 1. The molecule has 1 saturated heterocycles. The van der Waals surface area contributed by atoms with E-state index in [1.165, 1.54) is 6.07 Å². The zero-order valence-corrected chi connectivity index (χ0v) is 16.2. The monoisotopic (exact) mass is 411 g/mol. The van der Waals surface area contributed by atoms with Gasteiger partial charge in [-0.2, -0.15) is 0 Å². The van der Waals surface area contributed by atoms with E-state index in [4.69, 9.17) is 16.2 Å². The number of rotatable bonds is 4. The molecule has 0 aliphatic carbocycles. The first-order valence-corrected chi connectivity index (χ1v) is 9.48. The largest absolute Gasteiger partial charge is 0.465 e. The Balaban J connectivity index is 1.48. The summed E-state index contributed by atoms with van der Waals surface area (Å²) in [5.41, 5.74) is 7.85. The van der Waals surface area contributed by atoms with Gasteiger partial charge in [0.2, 0.25) is 0 Å². The first-order valence-electron chi connectivity index (χ1n) is 9.48. The second kappa shape index (κ2) is 7.90. The molecule has 1 aliphatic rings. The number of aromatic nitrogens is 2. The zero-order valence-electron chi connectivity index (χ0n) is 16.2. The van der Waals surface area contributed by atoms with Crippen molar-refractivity contribution in [1.29, 1.82) is 5.41 Å². The zero-order chi connectivity index (χ0) is 21.3. The molecule has 156 valence electrons. The number of guanidine groups is 1. The Morgan fingerprint density at radius 2 is 1.93 bits per heavy atom. The van der Waals surface area contributed by atoms with Crippen molar-refractivity contribution in [3.05, 3.63) is 60.3 Å². The Kier molecular flexibility index (Phi) is 5.13. The Hall–Kier alpha value is -3.82. The van der Waals surface area contributed by atoms with Gasteiger partial charge in [-0.1, -0.05) is 12.1 Å². The normalized spacial score (nSPS) is 14.2. The van der Waals surface area contributed by atoms with E-state index in [1.807, 2.05) is 33.8 Å². The van der Waals surface area contributed by atoms with Gasteiger partial charge in [0.05, 0.1) is 12.2 Å². The van der Waals surface area contributed by atoms with Gasteiger partial charge >= 0.3 is 6.09 Å². The fourth-order valence-corrected chi connectivity index (χ4v) is 3.66. The van der Waals surface area contributed by atoms with E-state index in [9.17, 15) is 4.79 Å². The lowest BCUT2D eigenvalue weighted by atomic mass is 10.1. The van der Waals surface area contributed by atoms with E-state index < -0.39 is 17.9 Å². The molecule has 9 nitrogen and oxygen atoms in total. The molecule has 1 fully saturated rings. The molecule has 2 aromatic heterocycles. The fraction of sp³-hybridized carbons (Fsp3) is 0.250. The molecule has 1 aliphatic heterocycles. The lowest BCUT2D eigenvalue weighted by Gasteiger charge is -2.37. The van der Waals surface area contributed by atoms with Crippen LogP contribution in [0, 0.1) is 11.2 Å². The van der Waals surface area contributed by atoms with Crippen molar-refractivity contribution >= 4 is 29.1 Å². The number of nitrogens with one attached hydrogen (secondary N) is 1. The third-order valence-electron chi connectivity index (χ3n) is 5.28. The highest BCUT2D eigenvalue weighted by atomic mass is 19.1. The fourth-order valence-electron chi connectivity index (χ4n) is 3.66. The predicted octanol–water partition coefficient (Wildman–Crippen LogP) is 2.17. The van der Waals surface area contributed by atoms with Crippen LogP contribution in [-0.2, 0) is 6.54 Å². The van der Waals surface area contributed by atoms with Gasteiger partial charge in [-0.3, -0.25) is 5.41 Å². The summed E-state index contributed by atoms with van der Waals surface area (Å²) in [7, 11) is 0. The van der Waals surface area contributed by atoms with Crippen molar-refractivity contribution in [3.8, 4) is 0 Å². The molecule has 1 aromatic carbocycles. The molecular formula is C20H22FN7O2. The van der Waals surface area contributed by atoms with Gasteiger partial charge in [0.1, 0.15) is 5.65 Å². The number of carboxylic acid groups (broad SMARTS) is 1. The van der Waals surface area contributed by atoms with Crippen molar-refractivity contribution < 1.29 is 14.3 Å². The number of hydrogen-bond donors (Lipinski definition) is 3. The number of fused-ring (bicyclic) bond motifs is 1. The molecule has 3 heterocycles. The molecule has 0 spiro atoms. The van der Waals surface area contributed by atoms with Gasteiger partial charge < -0.3 is 25.0 Å². The topological polar surface area (TPSA) is 114 Å². The number of imidazole rings is 1. The SMILES string of the molecule is N=C(N)N(Cc1cccc(N2CCN(c3ccn4ccnc4c3)CC2)c1F)C(=O)O. The second-order valence-corrected chi connectivity index (χ2v) is 7.06. The molecule has 0 radical (unpaired) electrons. The molecular weight excluding hydrogens is 389 g/mol. The van der Waals surface area contributed by atoms with Crippen molar-refractivity contribution in [3.63, 3.8) is 0 Å². The van der Waals surface area contributed by atoms with Gasteiger partial charge in [-0.25, -0.2) is 19.1 Å². The smallest absolute Gasteiger partial charge is 0.414 e. The van der Waals surface area contributed by atoms with Gasteiger partial charge in [-0.05, 0) is 12.1 Å². The summed E-state index contributed by atoms with van der Waals surface area (Å²) in [4.78, 5) is 20.3. The molecule has 4 rings (SSSR count). The number of hydrogen-bond acceptors (Lipinski definition) is 5. The molecule has 30 heavy (non-hydrogen) atoms. The molecule has 10 heteroatoms. The second-order valence-electron chi connectivity index (χ2n) is 7.06. The lowest BCUT2D eigenvalue weighted by Crippen LogP contribution is -2.47. The Labute approximate surface area is 172 Å². The average molecular weight is 411 g/mol. The van der Waals surface area contributed by atoms with Crippen LogP contribution in [0.25, 0.3) is 5.65 Å². The highest BCUT2D eigenvalue weighted by Gasteiger charge is 2.23. The molecule has 0 atom stereocenters. The number of benzene rings is 1. The minimum atomic E-state index is -1.39. The number of pyridine rings is 1. The molecule has 4 N–H and O–H groups in total.